The number of Topliss-reactive ketones (excluding diaryl/α,β-unsaturated/α-hetero) is 2. The van der Waals surface area contributed by atoms with Gasteiger partial charge >= 0.3 is 0 Å². The third kappa shape index (κ3) is 6.75. The molecule has 3 N–H and O–H groups in total. The topological polar surface area (TPSA) is 87.3 Å². The van der Waals surface area contributed by atoms with Gasteiger partial charge in [0, 0.05) is 25.5 Å². The van der Waals surface area contributed by atoms with Crippen molar-refractivity contribution in [1.82, 2.24) is 15.5 Å². The number of ketones is 2. The maximum Gasteiger partial charge on any atom is 0.213 e. The van der Waals surface area contributed by atoms with Gasteiger partial charge in [-0.25, -0.2) is 10.2 Å². The molecule has 0 aliphatic carbocycles. The second kappa shape index (κ2) is 9.40. The second-order valence-electron chi connectivity index (χ2n) is 4.91. The van der Waals surface area contributed by atoms with Crippen molar-refractivity contribution in [2.75, 3.05) is 19.8 Å². The summed E-state index contributed by atoms with van der Waals surface area (Å²) in [5.41, 5.74) is 0. The first-order valence-electron chi connectivity index (χ1n) is 7.14. The molecular weight excluding hydrogens is 277 g/mol. The van der Waals surface area contributed by atoms with Crippen LogP contribution in [-0.4, -0.2) is 43.4 Å². The van der Waals surface area contributed by atoms with Crippen LogP contribution in [0.5, 0.6) is 0 Å². The monoisotopic (exact) mass is 305 g/mol. The third-order valence-corrected chi connectivity index (χ3v) is 5.61. The summed E-state index contributed by atoms with van der Waals surface area (Å²) in [5.74, 6) is 0.0110. The number of rotatable bonds is 11. The molecule has 0 aliphatic rings. The molecule has 7 heteroatoms. The molecule has 0 saturated carbocycles. The molecule has 0 rings (SSSR count). The molecule has 0 unspecified atom stereocenters. The third-order valence-electron chi connectivity index (χ3n) is 3.14. The lowest BCUT2D eigenvalue weighted by molar-refractivity contribution is -0.120. The van der Waals surface area contributed by atoms with Crippen molar-refractivity contribution in [2.24, 2.45) is 0 Å². The van der Waals surface area contributed by atoms with Crippen molar-refractivity contribution in [3.8, 4) is 0 Å². The molecule has 0 aliphatic heterocycles. The van der Waals surface area contributed by atoms with Crippen LogP contribution in [0.2, 0.25) is 0 Å². The van der Waals surface area contributed by atoms with E-state index in [4.69, 9.17) is 0 Å². The predicted molar refractivity (Wildman–Crippen MR) is 82.2 cm³/mol. The van der Waals surface area contributed by atoms with E-state index in [-0.39, 0.29) is 11.6 Å². The van der Waals surface area contributed by atoms with E-state index in [1.807, 2.05) is 0 Å². The molecule has 6 nitrogen and oxygen atoms in total. The molecule has 0 aromatic carbocycles. The molecule has 118 valence electrons. The van der Waals surface area contributed by atoms with Crippen molar-refractivity contribution in [1.29, 1.82) is 0 Å². The summed E-state index contributed by atoms with van der Waals surface area (Å²) >= 11 is 0. The quantitative estimate of drug-likeness (QED) is 0.499. The van der Waals surface area contributed by atoms with E-state index in [9.17, 15) is 14.2 Å². The Balaban J connectivity index is 4.86. The highest BCUT2D eigenvalue weighted by Crippen LogP contribution is 2.37. The summed E-state index contributed by atoms with van der Waals surface area (Å²) in [6, 6.07) is -0.974. The number of hydrogen-bond donors (Lipinski definition) is 3. The molecule has 0 radical (unpaired) electrons. The first-order valence-corrected chi connectivity index (χ1v) is 9.03. The van der Waals surface area contributed by atoms with E-state index in [2.05, 4.69) is 15.5 Å². The van der Waals surface area contributed by atoms with Crippen molar-refractivity contribution in [3.05, 3.63) is 0 Å². The highest BCUT2D eigenvalue weighted by molar-refractivity contribution is 7.60. The Labute approximate surface area is 121 Å². The van der Waals surface area contributed by atoms with Crippen LogP contribution in [0.3, 0.4) is 0 Å². The minimum absolute atomic E-state index is 0.00551. The lowest BCUT2D eigenvalue weighted by Gasteiger charge is -2.26. The van der Waals surface area contributed by atoms with Crippen LogP contribution in [0.4, 0.5) is 0 Å². The Bertz CT molecular complexity index is 346. The number of carbonyl (C=O) groups excluding carboxylic acids is 2. The van der Waals surface area contributed by atoms with Crippen LogP contribution in [0.1, 0.15) is 40.5 Å². The van der Waals surface area contributed by atoms with Gasteiger partial charge in [-0.05, 0) is 20.9 Å². The van der Waals surface area contributed by atoms with Gasteiger partial charge in [-0.3, -0.25) is 14.2 Å². The molecule has 0 heterocycles. The van der Waals surface area contributed by atoms with Crippen LogP contribution in [0.25, 0.3) is 0 Å². The lowest BCUT2D eigenvalue weighted by atomic mass is 10.2. The summed E-state index contributed by atoms with van der Waals surface area (Å²) in [6.07, 6.45) is 1.12. The van der Waals surface area contributed by atoms with Crippen LogP contribution >= 0.6 is 7.44 Å². The fourth-order valence-electron chi connectivity index (χ4n) is 1.82. The summed E-state index contributed by atoms with van der Waals surface area (Å²) in [4.78, 5) is 23.3. The molecule has 0 spiro atoms. The fraction of sp³-hybridized carbons (Fsp3) is 0.846. The van der Waals surface area contributed by atoms with Crippen LogP contribution in [-0.2, 0) is 14.2 Å². The van der Waals surface area contributed by atoms with Crippen LogP contribution in [0.15, 0.2) is 0 Å². The predicted octanol–water partition coefficient (Wildman–Crippen LogP) is 1.31. The summed E-state index contributed by atoms with van der Waals surface area (Å²) in [7, 11) is -1.22. The van der Waals surface area contributed by atoms with Crippen LogP contribution < -0.4 is 15.5 Å². The first-order chi connectivity index (χ1) is 9.29. The zero-order chi connectivity index (χ0) is 15.8. The summed E-state index contributed by atoms with van der Waals surface area (Å²) in [6.45, 7) is 7.49. The zero-order valence-electron chi connectivity index (χ0n) is 13.2. The SMILES string of the molecule is CCC(=O)[C@H](C)NP(=O)(CCNC)N[C@@H](C)C(=O)CC. The maximum absolute atomic E-state index is 12.9. The van der Waals surface area contributed by atoms with Gasteiger partial charge in [0.1, 0.15) is 11.6 Å². The van der Waals surface area contributed by atoms with Crippen molar-refractivity contribution >= 4 is 19.0 Å². The summed E-state index contributed by atoms with van der Waals surface area (Å²) in [5, 5.41) is 8.72. The van der Waals surface area contributed by atoms with Crippen molar-refractivity contribution < 1.29 is 14.2 Å². The normalized spacial score (nSPS) is 14.8. The molecule has 0 amide bonds. The largest absolute Gasteiger partial charge is 0.319 e. The molecule has 0 fully saturated rings. The minimum Gasteiger partial charge on any atom is -0.319 e. The smallest absolute Gasteiger partial charge is 0.213 e. The number of carbonyl (C=O) groups is 2. The Morgan fingerprint density at radius 2 is 1.40 bits per heavy atom. The molecule has 0 aromatic rings. The van der Waals surface area contributed by atoms with E-state index in [1.54, 1.807) is 34.7 Å². The molecule has 0 saturated heterocycles. The first kappa shape index (κ1) is 19.4. The van der Waals surface area contributed by atoms with E-state index in [1.165, 1.54) is 0 Å². The van der Waals surface area contributed by atoms with Crippen molar-refractivity contribution in [3.63, 3.8) is 0 Å². The standard InChI is InChI=1S/C13H28N3O3P/c1-6-12(17)10(3)15-20(19,9-8-14-5)16-11(4)13(18)7-2/h10-11,14H,6-9H2,1-5H3,(H2,15,16,19)/t10-,11-/m0/s1. The Morgan fingerprint density at radius 3 is 1.70 bits per heavy atom. The Kier molecular flexibility index (Phi) is 9.14. The maximum atomic E-state index is 12.9. The van der Waals surface area contributed by atoms with Gasteiger partial charge < -0.3 is 5.32 Å². The number of nitrogens with one attached hydrogen (secondary N) is 3. The number of hydrogen-bond acceptors (Lipinski definition) is 4. The lowest BCUT2D eigenvalue weighted by Crippen LogP contribution is -2.42. The molecule has 0 aromatic heterocycles. The summed E-state index contributed by atoms with van der Waals surface area (Å²) < 4.78 is 12.9. The van der Waals surface area contributed by atoms with Gasteiger partial charge in [-0.1, -0.05) is 13.8 Å². The van der Waals surface area contributed by atoms with Crippen LogP contribution in [0, 0.1) is 0 Å². The fourth-order valence-corrected chi connectivity index (χ4v) is 4.23. The van der Waals surface area contributed by atoms with E-state index >= 15 is 0 Å². The Morgan fingerprint density at radius 1 is 1.00 bits per heavy atom. The zero-order valence-corrected chi connectivity index (χ0v) is 14.0. The van der Waals surface area contributed by atoms with Gasteiger partial charge in [0.15, 0.2) is 0 Å². The molecule has 20 heavy (non-hydrogen) atoms. The van der Waals surface area contributed by atoms with Gasteiger partial charge in [0.05, 0.1) is 12.1 Å². The van der Waals surface area contributed by atoms with Crippen molar-refractivity contribution in [2.45, 2.75) is 52.6 Å². The van der Waals surface area contributed by atoms with Gasteiger partial charge in [0.25, 0.3) is 0 Å². The molecule has 0 bridgehead atoms. The minimum atomic E-state index is -2.99. The van der Waals surface area contributed by atoms with Gasteiger partial charge in [0.2, 0.25) is 7.44 Å². The average Bonchev–Trinajstić information content (AvgIpc) is 2.42. The average molecular weight is 305 g/mol. The van der Waals surface area contributed by atoms with Gasteiger partial charge in [-0.2, -0.15) is 0 Å². The highest BCUT2D eigenvalue weighted by atomic mass is 31.2. The second-order valence-corrected chi connectivity index (χ2v) is 7.35. The van der Waals surface area contributed by atoms with Gasteiger partial charge in [-0.15, -0.1) is 0 Å². The highest BCUT2D eigenvalue weighted by Gasteiger charge is 2.29. The van der Waals surface area contributed by atoms with E-state index in [0.29, 0.717) is 25.5 Å². The molecule has 2 atom stereocenters. The van der Waals surface area contributed by atoms with E-state index in [0.717, 1.165) is 0 Å². The molecular formula is C13H28N3O3P. The van der Waals surface area contributed by atoms with E-state index < -0.39 is 19.5 Å². The Hall–Kier alpha value is -0.550.